The highest BCUT2D eigenvalue weighted by Gasteiger charge is 2.27. The molecule has 0 radical (unpaired) electrons. The average molecular weight is 366 g/mol. The molecule has 0 spiro atoms. The fraction of sp³-hybridized carbons (Fsp3) is 0.688. The van der Waals surface area contributed by atoms with Crippen LogP contribution < -0.4 is 10.6 Å². The van der Waals surface area contributed by atoms with Gasteiger partial charge in [0.25, 0.3) is 0 Å². The smallest absolute Gasteiger partial charge is 0.361 e. The predicted octanol–water partition coefficient (Wildman–Crippen LogP) is 0.394. The molecule has 0 fully saturated rings. The Hall–Kier alpha value is -2.49. The van der Waals surface area contributed by atoms with Crippen LogP contribution in [0.3, 0.4) is 0 Å². The molecular weight excluding hydrogens is 338 g/mol. The standard InChI is InChI=1S/C16H27N7O3/c1-4-7-9-22(10-8-5-2)11-12-13(16(24)25-6-3)18-21-23(12)15-14(17)19-26-20-15/h4-11H2,1-3H3,(H2,17,19)/p+1. The second-order valence-corrected chi connectivity index (χ2v) is 6.12. The number of nitrogens with one attached hydrogen (secondary N) is 1. The van der Waals surface area contributed by atoms with Crippen molar-refractivity contribution in [3.63, 3.8) is 0 Å². The first-order chi connectivity index (χ1) is 12.6. The minimum absolute atomic E-state index is 0.0928. The molecule has 0 aromatic carbocycles. The number of nitrogen functional groups attached to an aromatic ring is 1. The van der Waals surface area contributed by atoms with Gasteiger partial charge in [-0.15, -0.1) is 5.10 Å². The molecule has 10 nitrogen and oxygen atoms in total. The second kappa shape index (κ2) is 9.85. The van der Waals surface area contributed by atoms with E-state index in [1.54, 1.807) is 6.92 Å². The van der Waals surface area contributed by atoms with Gasteiger partial charge in [-0.05, 0) is 30.1 Å². The number of carbonyl (C=O) groups is 1. The van der Waals surface area contributed by atoms with Crippen molar-refractivity contribution in [1.29, 1.82) is 0 Å². The zero-order chi connectivity index (χ0) is 18.9. The molecule has 2 heterocycles. The van der Waals surface area contributed by atoms with Gasteiger partial charge >= 0.3 is 5.97 Å². The lowest BCUT2D eigenvalue weighted by Gasteiger charge is -2.19. The van der Waals surface area contributed by atoms with Crippen molar-refractivity contribution in [1.82, 2.24) is 25.3 Å². The monoisotopic (exact) mass is 366 g/mol. The number of nitrogens with zero attached hydrogens (tertiary/aromatic N) is 5. The highest BCUT2D eigenvalue weighted by molar-refractivity contribution is 5.88. The van der Waals surface area contributed by atoms with Crippen LogP contribution in [-0.2, 0) is 11.3 Å². The Labute approximate surface area is 152 Å². The molecule has 144 valence electrons. The van der Waals surface area contributed by atoms with Gasteiger partial charge in [-0.2, -0.15) is 4.68 Å². The number of unbranched alkanes of at least 4 members (excludes halogenated alkanes) is 2. The van der Waals surface area contributed by atoms with Gasteiger partial charge in [0, 0.05) is 0 Å². The molecule has 26 heavy (non-hydrogen) atoms. The zero-order valence-electron chi connectivity index (χ0n) is 15.7. The van der Waals surface area contributed by atoms with Crippen LogP contribution in [0.4, 0.5) is 5.82 Å². The van der Waals surface area contributed by atoms with Gasteiger partial charge in [-0.25, -0.2) is 9.42 Å². The molecule has 0 atom stereocenters. The first-order valence-electron chi connectivity index (χ1n) is 9.15. The van der Waals surface area contributed by atoms with Gasteiger partial charge in [0.15, 0.2) is 5.69 Å². The normalized spacial score (nSPS) is 11.2. The summed E-state index contributed by atoms with van der Waals surface area (Å²) in [6.07, 6.45) is 4.42. The number of anilines is 1. The van der Waals surface area contributed by atoms with Gasteiger partial charge in [-0.1, -0.05) is 31.9 Å². The maximum atomic E-state index is 12.3. The molecule has 0 bridgehead atoms. The summed E-state index contributed by atoms with van der Waals surface area (Å²) in [7, 11) is 0. The fourth-order valence-corrected chi connectivity index (χ4v) is 2.72. The van der Waals surface area contributed by atoms with Crippen LogP contribution in [0.1, 0.15) is 62.6 Å². The molecule has 10 heteroatoms. The van der Waals surface area contributed by atoms with Crippen molar-refractivity contribution in [3.05, 3.63) is 11.4 Å². The molecule has 2 rings (SSSR count). The van der Waals surface area contributed by atoms with Gasteiger partial charge in [0.1, 0.15) is 12.2 Å². The van der Waals surface area contributed by atoms with Crippen molar-refractivity contribution in [2.45, 2.75) is 53.0 Å². The topological polar surface area (TPSA) is 126 Å². The number of aromatic nitrogens is 5. The number of esters is 1. The fourth-order valence-electron chi connectivity index (χ4n) is 2.72. The van der Waals surface area contributed by atoms with Gasteiger partial charge in [0.05, 0.1) is 19.7 Å². The van der Waals surface area contributed by atoms with Crippen molar-refractivity contribution in [3.8, 4) is 5.82 Å². The van der Waals surface area contributed by atoms with Crippen LogP contribution >= 0.6 is 0 Å². The van der Waals surface area contributed by atoms with Crippen LogP contribution in [-0.4, -0.2) is 51.0 Å². The predicted molar refractivity (Wildman–Crippen MR) is 93.8 cm³/mol. The van der Waals surface area contributed by atoms with E-state index < -0.39 is 5.97 Å². The second-order valence-electron chi connectivity index (χ2n) is 6.12. The molecular formula is C16H28N7O3+. The number of ether oxygens (including phenoxy) is 1. The SMILES string of the molecule is CCCC[NH+](CCCC)Cc1c(C(=O)OCC)nnn1-c1nonc1N. The Kier molecular flexibility index (Phi) is 7.52. The summed E-state index contributed by atoms with van der Waals surface area (Å²) in [4.78, 5) is 13.7. The van der Waals surface area contributed by atoms with Crippen LogP contribution in [0.2, 0.25) is 0 Å². The third kappa shape index (κ3) is 4.78. The first-order valence-corrected chi connectivity index (χ1v) is 9.15. The van der Waals surface area contributed by atoms with Crippen LogP contribution in [0, 0.1) is 0 Å². The molecule has 0 amide bonds. The van der Waals surface area contributed by atoms with E-state index in [1.165, 1.54) is 9.58 Å². The van der Waals surface area contributed by atoms with E-state index in [0.29, 0.717) is 12.2 Å². The van der Waals surface area contributed by atoms with Crippen molar-refractivity contribution >= 4 is 11.8 Å². The Morgan fingerprint density at radius 2 is 1.88 bits per heavy atom. The largest absolute Gasteiger partial charge is 0.461 e. The summed E-state index contributed by atoms with van der Waals surface area (Å²) in [6, 6.07) is 0. The number of carbonyl (C=O) groups excluding carboxylic acids is 1. The number of rotatable bonds is 11. The van der Waals surface area contributed by atoms with E-state index in [-0.39, 0.29) is 23.9 Å². The molecule has 3 N–H and O–H groups in total. The molecule has 0 saturated heterocycles. The van der Waals surface area contributed by atoms with E-state index in [2.05, 4.69) is 39.1 Å². The molecule has 0 aliphatic carbocycles. The summed E-state index contributed by atoms with van der Waals surface area (Å²) in [6.45, 7) is 8.90. The van der Waals surface area contributed by atoms with E-state index in [0.717, 1.165) is 38.8 Å². The lowest BCUT2D eigenvalue weighted by molar-refractivity contribution is -0.914. The Balaban J connectivity index is 2.36. The van der Waals surface area contributed by atoms with Crippen LogP contribution in [0.5, 0.6) is 0 Å². The number of hydrogen-bond donors (Lipinski definition) is 2. The van der Waals surface area contributed by atoms with Gasteiger partial charge in [0.2, 0.25) is 11.6 Å². The number of quaternary nitrogens is 1. The summed E-state index contributed by atoms with van der Waals surface area (Å²) in [5.74, 6) is -0.183. The maximum Gasteiger partial charge on any atom is 0.361 e. The molecule has 0 aliphatic rings. The molecule has 2 aromatic heterocycles. The summed E-state index contributed by atoms with van der Waals surface area (Å²) >= 11 is 0. The van der Waals surface area contributed by atoms with Crippen molar-refractivity contribution in [2.24, 2.45) is 0 Å². The molecule has 0 unspecified atom stereocenters. The van der Waals surface area contributed by atoms with Gasteiger partial charge in [-0.3, -0.25) is 0 Å². The van der Waals surface area contributed by atoms with E-state index >= 15 is 0 Å². The van der Waals surface area contributed by atoms with E-state index in [9.17, 15) is 4.79 Å². The summed E-state index contributed by atoms with van der Waals surface area (Å²) < 4.78 is 11.2. The lowest BCUT2D eigenvalue weighted by Crippen LogP contribution is -3.10. The third-order valence-electron chi connectivity index (χ3n) is 4.11. The maximum absolute atomic E-state index is 12.3. The first kappa shape index (κ1) is 19.8. The van der Waals surface area contributed by atoms with Crippen molar-refractivity contribution < 1.29 is 19.1 Å². The summed E-state index contributed by atoms with van der Waals surface area (Å²) in [5.41, 5.74) is 6.58. The van der Waals surface area contributed by atoms with Crippen LogP contribution in [0.25, 0.3) is 5.82 Å². The number of hydrogen-bond acceptors (Lipinski definition) is 8. The summed E-state index contributed by atoms with van der Waals surface area (Å²) in [5, 5.41) is 15.4. The minimum Gasteiger partial charge on any atom is -0.461 e. The van der Waals surface area contributed by atoms with E-state index in [1.807, 2.05) is 0 Å². The Morgan fingerprint density at radius 3 is 2.42 bits per heavy atom. The Morgan fingerprint density at radius 1 is 1.19 bits per heavy atom. The third-order valence-corrected chi connectivity index (χ3v) is 4.11. The zero-order valence-corrected chi connectivity index (χ0v) is 15.7. The Bertz CT molecular complexity index is 690. The van der Waals surface area contributed by atoms with Gasteiger partial charge < -0.3 is 15.4 Å². The highest BCUT2D eigenvalue weighted by atomic mass is 16.6. The quantitative estimate of drug-likeness (QED) is 0.547. The van der Waals surface area contributed by atoms with Crippen LogP contribution in [0.15, 0.2) is 4.63 Å². The average Bonchev–Trinajstić information content (AvgIpc) is 3.23. The number of nitrogens with two attached hydrogens (primary N) is 1. The molecule has 0 saturated carbocycles. The van der Waals surface area contributed by atoms with E-state index in [4.69, 9.17) is 10.5 Å². The molecule has 0 aliphatic heterocycles. The molecule has 2 aromatic rings. The lowest BCUT2D eigenvalue weighted by atomic mass is 10.2. The minimum atomic E-state index is -0.505. The highest BCUT2D eigenvalue weighted by Crippen LogP contribution is 2.15. The van der Waals surface area contributed by atoms with Crippen molar-refractivity contribution in [2.75, 3.05) is 25.4 Å².